The van der Waals surface area contributed by atoms with Crippen molar-refractivity contribution in [2.45, 2.75) is 57.5 Å². The Hall–Kier alpha value is -2.51. The van der Waals surface area contributed by atoms with Gasteiger partial charge in [-0.3, -0.25) is 19.1 Å². The van der Waals surface area contributed by atoms with Crippen molar-refractivity contribution in [3.63, 3.8) is 0 Å². The van der Waals surface area contributed by atoms with Crippen LogP contribution in [0.25, 0.3) is 0 Å². The normalized spacial score (nSPS) is 22.1. The second-order valence-electron chi connectivity index (χ2n) is 6.85. The average Bonchev–Trinajstić information content (AvgIpc) is 3.01. The predicted octanol–water partition coefficient (Wildman–Crippen LogP) is 1.34. The fourth-order valence-corrected chi connectivity index (χ4v) is 3.35. The molecule has 27 heavy (non-hydrogen) atoms. The number of Topliss-reactive ketones (excluding diaryl/α,β-unsaturated/α-hetero) is 1. The maximum atomic E-state index is 12.2. The van der Waals surface area contributed by atoms with Gasteiger partial charge in [0, 0.05) is 31.0 Å². The van der Waals surface area contributed by atoms with Crippen LogP contribution < -0.4 is 11.2 Å². The lowest BCUT2D eigenvalue weighted by atomic mass is 10.0. The zero-order valence-corrected chi connectivity index (χ0v) is 15.3. The molecule has 2 heterocycles. The number of ketones is 1. The monoisotopic (exact) mass is 372 g/mol. The summed E-state index contributed by atoms with van der Waals surface area (Å²) in [6.07, 6.45) is 1.33. The van der Waals surface area contributed by atoms with Gasteiger partial charge in [0.15, 0.2) is 0 Å². The number of carbonyl (C=O) groups is 1. The Balaban J connectivity index is 1.61. The standard InChI is InChI=1S/C20H24N2O5/c1-2-14-12-22(20(26)21-19(14)25)18-11-16(24)17(27-18)9-8-15(23)10-13-6-4-3-5-7-13/h3-7,12,16-18,24H,2,8-11H2,1H3,(H,21,25,26)/t16?,17-,18-/m0/s1. The Bertz CT molecular complexity index is 903. The summed E-state index contributed by atoms with van der Waals surface area (Å²) >= 11 is 0. The van der Waals surface area contributed by atoms with Gasteiger partial charge in [0.1, 0.15) is 12.0 Å². The molecule has 7 nitrogen and oxygen atoms in total. The van der Waals surface area contributed by atoms with E-state index < -0.39 is 29.7 Å². The van der Waals surface area contributed by atoms with E-state index in [1.807, 2.05) is 37.3 Å². The number of carbonyl (C=O) groups excluding carboxylic acids is 1. The van der Waals surface area contributed by atoms with Crippen molar-refractivity contribution in [2.75, 3.05) is 0 Å². The second kappa shape index (κ2) is 8.45. The number of nitrogens with one attached hydrogen (secondary N) is 1. The minimum absolute atomic E-state index is 0.0786. The van der Waals surface area contributed by atoms with Gasteiger partial charge < -0.3 is 9.84 Å². The fourth-order valence-electron chi connectivity index (χ4n) is 3.35. The van der Waals surface area contributed by atoms with Crippen molar-refractivity contribution in [3.05, 3.63) is 68.5 Å². The molecule has 7 heteroatoms. The summed E-state index contributed by atoms with van der Waals surface area (Å²) in [7, 11) is 0. The molecule has 0 spiro atoms. The van der Waals surface area contributed by atoms with Gasteiger partial charge in [0.2, 0.25) is 0 Å². The first-order chi connectivity index (χ1) is 13.0. The van der Waals surface area contributed by atoms with Crippen molar-refractivity contribution in [1.29, 1.82) is 0 Å². The summed E-state index contributed by atoms with van der Waals surface area (Å²) in [5.41, 5.74) is 0.477. The Labute approximate surface area is 156 Å². The van der Waals surface area contributed by atoms with E-state index in [1.54, 1.807) is 0 Å². The average molecular weight is 372 g/mol. The number of aliphatic hydroxyl groups is 1. The Kier molecular flexibility index (Phi) is 6.03. The third kappa shape index (κ3) is 4.61. The van der Waals surface area contributed by atoms with Crippen molar-refractivity contribution < 1.29 is 14.6 Å². The van der Waals surface area contributed by atoms with Crippen molar-refractivity contribution in [2.24, 2.45) is 0 Å². The maximum absolute atomic E-state index is 12.2. The maximum Gasteiger partial charge on any atom is 0.330 e. The first-order valence-electron chi connectivity index (χ1n) is 9.21. The molecule has 3 atom stereocenters. The minimum Gasteiger partial charge on any atom is -0.390 e. The van der Waals surface area contributed by atoms with Crippen LogP contribution in [0.4, 0.5) is 0 Å². The van der Waals surface area contributed by atoms with E-state index in [4.69, 9.17) is 4.74 Å². The number of rotatable bonds is 7. The molecule has 1 aliphatic rings. The van der Waals surface area contributed by atoms with Gasteiger partial charge in [-0.2, -0.15) is 0 Å². The van der Waals surface area contributed by atoms with Crippen LogP contribution >= 0.6 is 0 Å². The summed E-state index contributed by atoms with van der Waals surface area (Å²) < 4.78 is 7.13. The highest BCUT2D eigenvalue weighted by Crippen LogP contribution is 2.30. The molecule has 2 N–H and O–H groups in total. The van der Waals surface area contributed by atoms with Gasteiger partial charge >= 0.3 is 5.69 Å². The van der Waals surface area contributed by atoms with Gasteiger partial charge in [-0.05, 0) is 18.4 Å². The second-order valence-corrected chi connectivity index (χ2v) is 6.85. The topological polar surface area (TPSA) is 101 Å². The summed E-state index contributed by atoms with van der Waals surface area (Å²) in [4.78, 5) is 38.2. The van der Waals surface area contributed by atoms with E-state index in [1.165, 1.54) is 10.8 Å². The Morgan fingerprint density at radius 3 is 2.74 bits per heavy atom. The van der Waals surface area contributed by atoms with Gasteiger partial charge in [-0.1, -0.05) is 37.3 Å². The molecular weight excluding hydrogens is 348 g/mol. The smallest absolute Gasteiger partial charge is 0.330 e. The zero-order chi connectivity index (χ0) is 19.4. The first-order valence-corrected chi connectivity index (χ1v) is 9.21. The van der Waals surface area contributed by atoms with E-state index in [9.17, 15) is 19.5 Å². The van der Waals surface area contributed by atoms with Crippen molar-refractivity contribution >= 4 is 5.78 Å². The number of ether oxygens (including phenoxy) is 1. The summed E-state index contributed by atoms with van der Waals surface area (Å²) in [5.74, 6) is 0.0786. The van der Waals surface area contributed by atoms with Crippen LogP contribution in [0.1, 0.15) is 43.5 Å². The molecule has 1 aromatic carbocycles. The number of aryl methyl sites for hydroxylation is 1. The molecular formula is C20H24N2O5. The number of aromatic amines is 1. The van der Waals surface area contributed by atoms with Crippen molar-refractivity contribution in [3.8, 4) is 0 Å². The van der Waals surface area contributed by atoms with Crippen LogP contribution in [0.3, 0.4) is 0 Å². The van der Waals surface area contributed by atoms with Crippen LogP contribution in [0.2, 0.25) is 0 Å². The quantitative estimate of drug-likeness (QED) is 0.764. The molecule has 0 radical (unpaired) electrons. The fraction of sp³-hybridized carbons (Fsp3) is 0.450. The summed E-state index contributed by atoms with van der Waals surface area (Å²) in [5, 5.41) is 10.3. The Morgan fingerprint density at radius 2 is 2.04 bits per heavy atom. The number of aromatic nitrogens is 2. The molecule has 1 aromatic heterocycles. The van der Waals surface area contributed by atoms with Gasteiger partial charge in [0.05, 0.1) is 12.2 Å². The number of hydrogen-bond donors (Lipinski definition) is 2. The molecule has 1 aliphatic heterocycles. The highest BCUT2D eigenvalue weighted by atomic mass is 16.5. The third-order valence-corrected chi connectivity index (χ3v) is 4.89. The van der Waals surface area contributed by atoms with Crippen LogP contribution in [-0.4, -0.2) is 32.6 Å². The third-order valence-electron chi connectivity index (χ3n) is 4.89. The van der Waals surface area contributed by atoms with Gasteiger partial charge in [-0.15, -0.1) is 0 Å². The van der Waals surface area contributed by atoms with Gasteiger partial charge in [-0.25, -0.2) is 4.79 Å². The minimum atomic E-state index is -0.761. The molecule has 3 rings (SSSR count). The first kappa shape index (κ1) is 19.3. The van der Waals surface area contributed by atoms with Crippen LogP contribution in [0.5, 0.6) is 0 Å². The molecule has 0 amide bonds. The highest BCUT2D eigenvalue weighted by Gasteiger charge is 2.35. The number of nitrogens with zero attached hydrogens (tertiary/aromatic N) is 1. The summed E-state index contributed by atoms with van der Waals surface area (Å²) in [6.45, 7) is 1.82. The van der Waals surface area contributed by atoms with E-state index in [0.29, 0.717) is 31.2 Å². The van der Waals surface area contributed by atoms with E-state index >= 15 is 0 Å². The number of benzene rings is 1. The highest BCUT2D eigenvalue weighted by molar-refractivity contribution is 5.80. The molecule has 2 aromatic rings. The number of hydrogen-bond acceptors (Lipinski definition) is 5. The number of aliphatic hydroxyl groups excluding tert-OH is 1. The molecule has 1 unspecified atom stereocenters. The van der Waals surface area contributed by atoms with Crippen molar-refractivity contribution in [1.82, 2.24) is 9.55 Å². The predicted molar refractivity (Wildman–Crippen MR) is 99.6 cm³/mol. The molecule has 0 bridgehead atoms. The molecule has 0 saturated carbocycles. The largest absolute Gasteiger partial charge is 0.390 e. The van der Waals surface area contributed by atoms with Crippen LogP contribution in [0, 0.1) is 0 Å². The number of H-pyrrole nitrogens is 1. The lowest BCUT2D eigenvalue weighted by Crippen LogP contribution is -2.34. The molecule has 0 aliphatic carbocycles. The molecule has 144 valence electrons. The van der Waals surface area contributed by atoms with Gasteiger partial charge in [0.25, 0.3) is 5.56 Å². The molecule has 1 fully saturated rings. The summed E-state index contributed by atoms with van der Waals surface area (Å²) in [6, 6.07) is 9.50. The van der Waals surface area contributed by atoms with E-state index in [2.05, 4.69) is 4.98 Å². The van der Waals surface area contributed by atoms with Crippen LogP contribution in [-0.2, 0) is 22.4 Å². The van der Waals surface area contributed by atoms with E-state index in [0.717, 1.165) is 5.56 Å². The van der Waals surface area contributed by atoms with Crippen LogP contribution in [0.15, 0.2) is 46.1 Å². The molecule has 1 saturated heterocycles. The SMILES string of the molecule is CCc1cn([C@@H]2CC(O)[C@H](CCC(=O)Cc3ccccc3)O2)c(=O)[nH]c1=O. The zero-order valence-electron chi connectivity index (χ0n) is 15.3. The van der Waals surface area contributed by atoms with E-state index in [-0.39, 0.29) is 12.2 Å². The Morgan fingerprint density at radius 1 is 1.30 bits per heavy atom. The lowest BCUT2D eigenvalue weighted by molar-refractivity contribution is -0.119. The lowest BCUT2D eigenvalue weighted by Gasteiger charge is -2.16.